The molecular formula is C16H24N2OS. The van der Waals surface area contributed by atoms with E-state index in [2.05, 4.69) is 30.4 Å². The first kappa shape index (κ1) is 15.2. The van der Waals surface area contributed by atoms with Gasteiger partial charge in [0.05, 0.1) is 4.88 Å². The van der Waals surface area contributed by atoms with Gasteiger partial charge < -0.3 is 0 Å². The van der Waals surface area contributed by atoms with Gasteiger partial charge in [-0.05, 0) is 56.6 Å². The van der Waals surface area contributed by atoms with E-state index in [4.69, 9.17) is 0 Å². The average Bonchev–Trinajstić information content (AvgIpc) is 2.85. The highest BCUT2D eigenvalue weighted by Crippen LogP contribution is 2.32. The lowest BCUT2D eigenvalue weighted by Gasteiger charge is -2.16. The second kappa shape index (κ2) is 7.02. The van der Waals surface area contributed by atoms with Crippen molar-refractivity contribution in [3.05, 3.63) is 21.4 Å². The summed E-state index contributed by atoms with van der Waals surface area (Å²) in [5, 5.41) is 4.18. The molecule has 1 aliphatic rings. The molecule has 20 heavy (non-hydrogen) atoms. The van der Waals surface area contributed by atoms with Crippen LogP contribution in [0.4, 0.5) is 0 Å². The zero-order chi connectivity index (χ0) is 14.5. The van der Waals surface area contributed by atoms with E-state index in [0.29, 0.717) is 0 Å². The molecule has 1 atom stereocenters. The third kappa shape index (κ3) is 3.92. The lowest BCUT2D eigenvalue weighted by Crippen LogP contribution is -2.17. The van der Waals surface area contributed by atoms with E-state index in [-0.39, 0.29) is 5.91 Å². The Hall–Kier alpha value is -1.16. The Kier molecular flexibility index (Phi) is 5.35. The fourth-order valence-electron chi connectivity index (χ4n) is 2.51. The Balaban J connectivity index is 1.96. The number of rotatable bonds is 5. The fourth-order valence-corrected chi connectivity index (χ4v) is 3.61. The van der Waals surface area contributed by atoms with Crippen LogP contribution in [0.15, 0.2) is 11.2 Å². The molecular weight excluding hydrogens is 268 g/mol. The number of nitrogens with zero attached hydrogens (tertiary/aromatic N) is 1. The predicted molar refractivity (Wildman–Crippen MR) is 85.6 cm³/mol. The molecule has 0 bridgehead atoms. The number of carbonyl (C=O) groups is 1. The standard InChI is InChI=1S/C16H24N2OS/c1-4-5-6-12(3)17-18-16(19)15-10-13-9-11(2)7-8-14(13)20-15/h10-11H,4-9H2,1-3H3,(H,18,19)/t11-/m1/s1. The highest BCUT2D eigenvalue weighted by molar-refractivity contribution is 7.14. The van der Waals surface area contributed by atoms with Crippen LogP contribution in [0.2, 0.25) is 0 Å². The second-order valence-electron chi connectivity index (χ2n) is 5.80. The number of aryl methyl sites for hydroxylation is 1. The maximum atomic E-state index is 12.1. The van der Waals surface area contributed by atoms with Crippen LogP contribution in [0.5, 0.6) is 0 Å². The summed E-state index contributed by atoms with van der Waals surface area (Å²) in [6, 6.07) is 2.06. The van der Waals surface area contributed by atoms with Gasteiger partial charge in [-0.25, -0.2) is 5.43 Å². The zero-order valence-electron chi connectivity index (χ0n) is 12.7. The summed E-state index contributed by atoms with van der Waals surface area (Å²) >= 11 is 1.63. The van der Waals surface area contributed by atoms with Gasteiger partial charge in [0, 0.05) is 10.6 Å². The molecule has 1 heterocycles. The summed E-state index contributed by atoms with van der Waals surface area (Å²) in [6.07, 6.45) is 6.69. The first-order chi connectivity index (χ1) is 9.60. The van der Waals surface area contributed by atoms with E-state index < -0.39 is 0 Å². The molecule has 1 aromatic heterocycles. The molecule has 0 unspecified atom stereocenters. The van der Waals surface area contributed by atoms with Crippen molar-refractivity contribution in [2.24, 2.45) is 11.0 Å². The summed E-state index contributed by atoms with van der Waals surface area (Å²) in [7, 11) is 0. The smallest absolute Gasteiger partial charge is 0.266 e. The Bertz CT molecular complexity index is 505. The van der Waals surface area contributed by atoms with Gasteiger partial charge in [-0.3, -0.25) is 4.79 Å². The third-order valence-corrected chi connectivity index (χ3v) is 5.03. The molecule has 0 saturated heterocycles. The normalized spacial score (nSPS) is 18.8. The maximum Gasteiger partial charge on any atom is 0.281 e. The van der Waals surface area contributed by atoms with Gasteiger partial charge in [-0.15, -0.1) is 11.3 Å². The highest BCUT2D eigenvalue weighted by Gasteiger charge is 2.20. The van der Waals surface area contributed by atoms with E-state index in [0.717, 1.165) is 48.6 Å². The predicted octanol–water partition coefficient (Wildman–Crippen LogP) is 4.17. The molecule has 4 heteroatoms. The summed E-state index contributed by atoms with van der Waals surface area (Å²) in [6.45, 7) is 6.40. The number of thiophene rings is 1. The van der Waals surface area contributed by atoms with E-state index in [9.17, 15) is 4.79 Å². The van der Waals surface area contributed by atoms with Gasteiger partial charge >= 0.3 is 0 Å². The van der Waals surface area contributed by atoms with Crippen molar-refractivity contribution in [1.29, 1.82) is 0 Å². The van der Waals surface area contributed by atoms with Crippen molar-refractivity contribution in [1.82, 2.24) is 5.43 Å². The van der Waals surface area contributed by atoms with Crippen molar-refractivity contribution in [3.63, 3.8) is 0 Å². The maximum absolute atomic E-state index is 12.1. The largest absolute Gasteiger partial charge is 0.281 e. The molecule has 1 N–H and O–H groups in total. The molecule has 1 aromatic rings. The van der Waals surface area contributed by atoms with E-state index in [1.165, 1.54) is 16.9 Å². The molecule has 0 aromatic carbocycles. The van der Waals surface area contributed by atoms with Crippen molar-refractivity contribution >= 4 is 23.0 Å². The molecule has 0 fully saturated rings. The third-order valence-electron chi connectivity index (χ3n) is 3.79. The van der Waals surface area contributed by atoms with E-state index in [1.54, 1.807) is 11.3 Å². The minimum atomic E-state index is -0.0621. The van der Waals surface area contributed by atoms with Crippen LogP contribution in [0, 0.1) is 5.92 Å². The minimum Gasteiger partial charge on any atom is -0.266 e. The van der Waals surface area contributed by atoms with Gasteiger partial charge in [0.25, 0.3) is 5.91 Å². The van der Waals surface area contributed by atoms with Crippen LogP contribution in [0.1, 0.15) is 66.6 Å². The van der Waals surface area contributed by atoms with Crippen LogP contribution in [0.3, 0.4) is 0 Å². The fraction of sp³-hybridized carbons (Fsp3) is 0.625. The first-order valence-corrected chi connectivity index (χ1v) is 8.37. The molecule has 0 spiro atoms. The Labute approximate surface area is 125 Å². The van der Waals surface area contributed by atoms with Crippen molar-refractivity contribution in [2.45, 2.75) is 59.3 Å². The number of hydrogen-bond acceptors (Lipinski definition) is 3. The Morgan fingerprint density at radius 2 is 2.35 bits per heavy atom. The Morgan fingerprint density at radius 1 is 1.55 bits per heavy atom. The lowest BCUT2D eigenvalue weighted by atomic mass is 9.90. The SMILES string of the molecule is CCCCC(C)=NNC(=O)c1cc2c(s1)CC[C@@H](C)C2. The van der Waals surface area contributed by atoms with Gasteiger partial charge in [0.15, 0.2) is 0 Å². The van der Waals surface area contributed by atoms with E-state index in [1.807, 2.05) is 6.92 Å². The second-order valence-corrected chi connectivity index (χ2v) is 6.94. The number of unbranched alkanes of at least 4 members (excludes halogenated alkanes) is 1. The average molecular weight is 292 g/mol. The monoisotopic (exact) mass is 292 g/mol. The lowest BCUT2D eigenvalue weighted by molar-refractivity contribution is 0.0958. The number of fused-ring (bicyclic) bond motifs is 1. The van der Waals surface area contributed by atoms with Crippen LogP contribution >= 0.6 is 11.3 Å². The number of hydrogen-bond donors (Lipinski definition) is 1. The molecule has 2 rings (SSSR count). The molecule has 1 amide bonds. The summed E-state index contributed by atoms with van der Waals surface area (Å²) < 4.78 is 0. The number of carbonyl (C=O) groups excluding carboxylic acids is 1. The molecule has 110 valence electrons. The van der Waals surface area contributed by atoms with Gasteiger partial charge in [0.1, 0.15) is 0 Å². The highest BCUT2D eigenvalue weighted by atomic mass is 32.1. The Morgan fingerprint density at radius 3 is 3.10 bits per heavy atom. The quantitative estimate of drug-likeness (QED) is 0.642. The zero-order valence-corrected chi connectivity index (χ0v) is 13.5. The van der Waals surface area contributed by atoms with Gasteiger partial charge in [-0.2, -0.15) is 5.10 Å². The number of amides is 1. The number of nitrogens with one attached hydrogen (secondary N) is 1. The van der Waals surface area contributed by atoms with Crippen molar-refractivity contribution < 1.29 is 4.79 Å². The van der Waals surface area contributed by atoms with Crippen molar-refractivity contribution in [3.8, 4) is 0 Å². The molecule has 0 aliphatic heterocycles. The van der Waals surface area contributed by atoms with Crippen molar-refractivity contribution in [2.75, 3.05) is 0 Å². The molecule has 0 saturated carbocycles. The molecule has 3 nitrogen and oxygen atoms in total. The molecule has 0 radical (unpaired) electrons. The van der Waals surface area contributed by atoms with E-state index >= 15 is 0 Å². The minimum absolute atomic E-state index is 0.0621. The first-order valence-electron chi connectivity index (χ1n) is 7.55. The summed E-state index contributed by atoms with van der Waals surface area (Å²) in [4.78, 5) is 14.3. The summed E-state index contributed by atoms with van der Waals surface area (Å²) in [5.74, 6) is 0.676. The van der Waals surface area contributed by atoms with Gasteiger partial charge in [0.2, 0.25) is 0 Å². The molecule has 1 aliphatic carbocycles. The topological polar surface area (TPSA) is 41.5 Å². The summed E-state index contributed by atoms with van der Waals surface area (Å²) in [5.41, 5.74) is 5.05. The number of hydrazone groups is 1. The van der Waals surface area contributed by atoms with Crippen LogP contribution in [0.25, 0.3) is 0 Å². The van der Waals surface area contributed by atoms with Crippen LogP contribution in [-0.2, 0) is 12.8 Å². The van der Waals surface area contributed by atoms with Gasteiger partial charge in [-0.1, -0.05) is 20.3 Å². The van der Waals surface area contributed by atoms with Crippen LogP contribution in [-0.4, -0.2) is 11.6 Å². The van der Waals surface area contributed by atoms with Crippen LogP contribution < -0.4 is 5.43 Å².